The molecule has 0 spiro atoms. The third-order valence-electron chi connectivity index (χ3n) is 3.75. The van der Waals surface area contributed by atoms with Gasteiger partial charge in [0.25, 0.3) is 5.69 Å². The number of non-ortho nitro benzene ring substituents is 1. The normalized spacial score (nSPS) is 12.4. The summed E-state index contributed by atoms with van der Waals surface area (Å²) in [6.45, 7) is 1.26. The molecule has 0 saturated carbocycles. The highest BCUT2D eigenvalue weighted by Gasteiger charge is 2.29. The van der Waals surface area contributed by atoms with E-state index < -0.39 is 22.4 Å². The molecule has 0 radical (unpaired) electrons. The molecule has 0 aliphatic rings. The van der Waals surface area contributed by atoms with E-state index in [4.69, 9.17) is 4.42 Å². The molecule has 3 rings (SSSR count). The molecule has 9 heteroatoms. The Bertz CT molecular complexity index is 1120. The number of benzene rings is 2. The molecule has 0 unspecified atom stereocenters. The third kappa shape index (κ3) is 3.86. The van der Waals surface area contributed by atoms with Gasteiger partial charge >= 0.3 is 6.18 Å². The van der Waals surface area contributed by atoms with Crippen molar-refractivity contribution in [1.29, 1.82) is 0 Å². The molecular formula is C18H11F3N2O4. The van der Waals surface area contributed by atoms with E-state index >= 15 is 0 Å². The lowest BCUT2D eigenvalue weighted by atomic mass is 10.1. The van der Waals surface area contributed by atoms with Crippen LogP contribution in [0.2, 0.25) is 0 Å². The standard InChI is InChI=1S/C18H11F3N2O4/c1-10(24)15-9-11-8-14(23(25)26)6-7-16(11)27-17(15)22-13-4-2-12(3-5-13)18(19,20)21/h2-9H,1H3/b22-17-. The first-order valence-corrected chi connectivity index (χ1v) is 7.60. The molecule has 27 heavy (non-hydrogen) atoms. The summed E-state index contributed by atoms with van der Waals surface area (Å²) in [7, 11) is 0. The average molecular weight is 376 g/mol. The Hall–Kier alpha value is -3.49. The largest absolute Gasteiger partial charge is 0.438 e. The molecular weight excluding hydrogens is 365 g/mol. The SMILES string of the molecule is CC(=O)c1cc2cc([N+](=O)[O-])ccc2o/c1=N\c1ccc(C(F)(F)F)cc1. The molecule has 1 heterocycles. The van der Waals surface area contributed by atoms with E-state index in [1.54, 1.807) is 0 Å². The summed E-state index contributed by atoms with van der Waals surface area (Å²) in [5.74, 6) is -0.405. The number of Topliss-reactive ketones (excluding diaryl/α,β-unsaturated/α-hetero) is 1. The van der Waals surface area contributed by atoms with Crippen LogP contribution in [0.25, 0.3) is 11.0 Å². The number of nitrogens with zero attached hydrogens (tertiary/aromatic N) is 2. The number of carbonyl (C=O) groups is 1. The lowest BCUT2D eigenvalue weighted by molar-refractivity contribution is -0.384. The van der Waals surface area contributed by atoms with Crippen LogP contribution in [-0.2, 0) is 6.18 Å². The second kappa shape index (κ2) is 6.67. The van der Waals surface area contributed by atoms with E-state index in [-0.39, 0.29) is 28.1 Å². The van der Waals surface area contributed by atoms with Crippen LogP contribution in [0.4, 0.5) is 24.5 Å². The quantitative estimate of drug-likeness (QED) is 0.373. The maximum Gasteiger partial charge on any atom is 0.416 e. The molecule has 0 atom stereocenters. The fourth-order valence-electron chi connectivity index (χ4n) is 2.41. The Labute approximate surface area is 149 Å². The predicted molar refractivity (Wildman–Crippen MR) is 89.5 cm³/mol. The van der Waals surface area contributed by atoms with Gasteiger partial charge in [0.2, 0.25) is 5.55 Å². The minimum absolute atomic E-state index is 0.0582. The third-order valence-corrected chi connectivity index (χ3v) is 3.75. The van der Waals surface area contributed by atoms with Crippen LogP contribution >= 0.6 is 0 Å². The highest BCUT2D eigenvalue weighted by Crippen LogP contribution is 2.30. The van der Waals surface area contributed by atoms with Gasteiger partial charge < -0.3 is 4.42 Å². The van der Waals surface area contributed by atoms with Gasteiger partial charge in [-0.3, -0.25) is 14.9 Å². The Kier molecular flexibility index (Phi) is 4.52. The first kappa shape index (κ1) is 18.3. The first-order chi connectivity index (χ1) is 12.6. The molecule has 0 amide bonds. The average Bonchev–Trinajstić information content (AvgIpc) is 2.60. The Morgan fingerprint density at radius 2 is 1.78 bits per heavy atom. The van der Waals surface area contributed by atoms with Crippen molar-refractivity contribution in [2.75, 3.05) is 0 Å². The lowest BCUT2D eigenvalue weighted by Gasteiger charge is -2.06. The summed E-state index contributed by atoms with van der Waals surface area (Å²) in [6.07, 6.45) is -4.47. The van der Waals surface area contributed by atoms with Crippen molar-refractivity contribution >= 4 is 28.1 Å². The fraction of sp³-hybridized carbons (Fsp3) is 0.111. The second-order valence-corrected chi connectivity index (χ2v) is 5.66. The van der Waals surface area contributed by atoms with Crippen molar-refractivity contribution in [3.63, 3.8) is 0 Å². The number of halogens is 3. The summed E-state index contributed by atoms with van der Waals surface area (Å²) < 4.78 is 43.5. The number of nitro groups is 1. The zero-order chi connectivity index (χ0) is 19.8. The molecule has 0 aliphatic heterocycles. The van der Waals surface area contributed by atoms with Crippen LogP contribution in [0, 0.1) is 10.1 Å². The Morgan fingerprint density at radius 3 is 2.33 bits per heavy atom. The van der Waals surface area contributed by atoms with Gasteiger partial charge in [-0.25, -0.2) is 4.99 Å². The molecule has 1 aromatic heterocycles. The van der Waals surface area contributed by atoms with Crippen molar-refractivity contribution in [2.24, 2.45) is 4.99 Å². The number of fused-ring (bicyclic) bond motifs is 1. The maximum absolute atomic E-state index is 12.6. The fourth-order valence-corrected chi connectivity index (χ4v) is 2.41. The number of nitro benzene ring substituents is 1. The zero-order valence-corrected chi connectivity index (χ0v) is 13.8. The lowest BCUT2D eigenvalue weighted by Crippen LogP contribution is -2.13. The van der Waals surface area contributed by atoms with Crippen molar-refractivity contribution in [3.8, 4) is 0 Å². The number of alkyl halides is 3. The van der Waals surface area contributed by atoms with Crippen LogP contribution in [0.1, 0.15) is 22.8 Å². The van der Waals surface area contributed by atoms with Crippen molar-refractivity contribution < 1.29 is 27.3 Å². The summed E-state index contributed by atoms with van der Waals surface area (Å²) >= 11 is 0. The van der Waals surface area contributed by atoms with Crippen LogP contribution in [-0.4, -0.2) is 10.7 Å². The molecule has 2 aromatic carbocycles. The van der Waals surface area contributed by atoms with Crippen LogP contribution in [0.15, 0.2) is 57.9 Å². The van der Waals surface area contributed by atoms with Gasteiger partial charge in [0.15, 0.2) is 5.78 Å². The van der Waals surface area contributed by atoms with Gasteiger partial charge in [-0.2, -0.15) is 13.2 Å². The predicted octanol–water partition coefficient (Wildman–Crippen LogP) is 4.79. The highest BCUT2D eigenvalue weighted by molar-refractivity contribution is 5.96. The number of hydrogen-bond donors (Lipinski definition) is 0. The minimum Gasteiger partial charge on any atom is -0.438 e. The molecule has 0 saturated heterocycles. The molecule has 3 aromatic rings. The molecule has 0 aliphatic carbocycles. The molecule has 6 nitrogen and oxygen atoms in total. The van der Waals surface area contributed by atoms with E-state index in [1.165, 1.54) is 31.2 Å². The number of carbonyl (C=O) groups excluding carboxylic acids is 1. The number of ketones is 1. The van der Waals surface area contributed by atoms with Crippen LogP contribution in [0.3, 0.4) is 0 Å². The number of hydrogen-bond acceptors (Lipinski definition) is 5. The van der Waals surface area contributed by atoms with Crippen LogP contribution in [0.5, 0.6) is 0 Å². The van der Waals surface area contributed by atoms with Gasteiger partial charge in [-0.1, -0.05) is 0 Å². The van der Waals surface area contributed by atoms with Gasteiger partial charge in [0.1, 0.15) is 5.58 Å². The van der Waals surface area contributed by atoms with Crippen molar-refractivity contribution in [2.45, 2.75) is 13.1 Å². The summed E-state index contributed by atoms with van der Waals surface area (Å²) in [6, 6.07) is 9.31. The van der Waals surface area contributed by atoms with Crippen molar-refractivity contribution in [1.82, 2.24) is 0 Å². The molecule has 138 valence electrons. The topological polar surface area (TPSA) is 85.7 Å². The second-order valence-electron chi connectivity index (χ2n) is 5.66. The van der Waals surface area contributed by atoms with E-state index in [0.717, 1.165) is 24.3 Å². The van der Waals surface area contributed by atoms with Crippen LogP contribution < -0.4 is 5.55 Å². The summed E-state index contributed by atoms with van der Waals surface area (Å²) in [5.41, 5.74) is -0.617. The highest BCUT2D eigenvalue weighted by atomic mass is 19.4. The minimum atomic E-state index is -4.47. The smallest absolute Gasteiger partial charge is 0.416 e. The van der Waals surface area contributed by atoms with E-state index in [9.17, 15) is 28.1 Å². The van der Waals surface area contributed by atoms with E-state index in [2.05, 4.69) is 4.99 Å². The maximum atomic E-state index is 12.6. The van der Waals surface area contributed by atoms with E-state index in [0.29, 0.717) is 5.39 Å². The number of rotatable bonds is 3. The van der Waals surface area contributed by atoms with E-state index in [1.807, 2.05) is 0 Å². The zero-order valence-electron chi connectivity index (χ0n) is 13.8. The van der Waals surface area contributed by atoms with Gasteiger partial charge in [-0.05, 0) is 43.3 Å². The van der Waals surface area contributed by atoms with Gasteiger partial charge in [-0.15, -0.1) is 0 Å². The molecule has 0 N–H and O–H groups in total. The van der Waals surface area contributed by atoms with Gasteiger partial charge in [0, 0.05) is 17.5 Å². The Balaban J connectivity index is 2.16. The molecule has 0 fully saturated rings. The van der Waals surface area contributed by atoms with Crippen molar-refractivity contribution in [3.05, 3.63) is 75.3 Å². The molecule has 0 bridgehead atoms. The Morgan fingerprint density at radius 1 is 1.11 bits per heavy atom. The summed E-state index contributed by atoms with van der Waals surface area (Å²) in [4.78, 5) is 26.3. The first-order valence-electron chi connectivity index (χ1n) is 7.60. The summed E-state index contributed by atoms with van der Waals surface area (Å²) in [5, 5.41) is 11.2. The monoisotopic (exact) mass is 376 g/mol. The van der Waals surface area contributed by atoms with Gasteiger partial charge in [0.05, 0.1) is 21.7 Å².